The molecule has 0 aliphatic heterocycles. The first kappa shape index (κ1) is 12.5. The number of hydrogen-bond acceptors (Lipinski definition) is 2. The van der Waals surface area contributed by atoms with Crippen molar-refractivity contribution >= 4 is 5.97 Å². The van der Waals surface area contributed by atoms with Gasteiger partial charge in [-0.2, -0.15) is 0 Å². The smallest absolute Gasteiger partial charge is 0.335 e. The molecule has 0 bridgehead atoms. The maximum atomic E-state index is 13.1. The maximum absolute atomic E-state index is 13.1. The Bertz CT molecular complexity index is 406. The molecule has 0 aromatic heterocycles. The molecule has 3 nitrogen and oxygen atoms in total. The van der Waals surface area contributed by atoms with E-state index >= 15 is 0 Å². The van der Waals surface area contributed by atoms with E-state index in [1.807, 2.05) is 0 Å². The SMILES string of the molecule is CC(O)(Cc1c(F)cc(F)cc1F)C(=O)O. The van der Waals surface area contributed by atoms with Gasteiger partial charge in [-0.25, -0.2) is 18.0 Å². The number of rotatable bonds is 3. The standard InChI is InChI=1S/C10H9F3O3/c1-10(16,9(14)15)4-6-7(12)2-5(11)3-8(6)13/h2-3,16H,4H2,1H3,(H,14,15). The highest BCUT2D eigenvalue weighted by atomic mass is 19.1. The van der Waals surface area contributed by atoms with E-state index in [0.717, 1.165) is 6.92 Å². The molecule has 0 spiro atoms. The molecule has 1 aromatic carbocycles. The quantitative estimate of drug-likeness (QED) is 0.832. The topological polar surface area (TPSA) is 57.5 Å². The van der Waals surface area contributed by atoms with Gasteiger partial charge in [-0.3, -0.25) is 0 Å². The number of carboxylic acids is 1. The molecule has 0 amide bonds. The van der Waals surface area contributed by atoms with Crippen LogP contribution in [0, 0.1) is 17.5 Å². The minimum Gasteiger partial charge on any atom is -0.479 e. The molecule has 88 valence electrons. The first-order chi connectivity index (χ1) is 7.24. The number of aliphatic hydroxyl groups is 1. The van der Waals surface area contributed by atoms with Crippen molar-refractivity contribution in [3.05, 3.63) is 35.1 Å². The van der Waals surface area contributed by atoms with Crippen LogP contribution in [0.2, 0.25) is 0 Å². The van der Waals surface area contributed by atoms with Crippen LogP contribution in [0.15, 0.2) is 12.1 Å². The summed E-state index contributed by atoms with van der Waals surface area (Å²) in [6, 6.07) is 0.854. The highest BCUT2D eigenvalue weighted by molar-refractivity contribution is 5.77. The van der Waals surface area contributed by atoms with E-state index in [9.17, 15) is 23.1 Å². The zero-order valence-corrected chi connectivity index (χ0v) is 8.30. The van der Waals surface area contributed by atoms with Gasteiger partial charge in [0.2, 0.25) is 0 Å². The third-order valence-corrected chi connectivity index (χ3v) is 2.09. The summed E-state index contributed by atoms with van der Waals surface area (Å²) in [6.45, 7) is 0.900. The highest BCUT2D eigenvalue weighted by Gasteiger charge is 2.32. The Morgan fingerprint density at radius 1 is 1.31 bits per heavy atom. The van der Waals surface area contributed by atoms with Crippen LogP contribution in [0.5, 0.6) is 0 Å². The van der Waals surface area contributed by atoms with Crippen LogP contribution in [0.25, 0.3) is 0 Å². The molecule has 0 saturated heterocycles. The summed E-state index contributed by atoms with van der Waals surface area (Å²) >= 11 is 0. The fraction of sp³-hybridized carbons (Fsp3) is 0.300. The molecule has 1 atom stereocenters. The third kappa shape index (κ3) is 2.52. The van der Waals surface area contributed by atoms with Gasteiger partial charge >= 0.3 is 5.97 Å². The van der Waals surface area contributed by atoms with Gasteiger partial charge in [-0.05, 0) is 6.92 Å². The van der Waals surface area contributed by atoms with Crippen molar-refractivity contribution in [3.63, 3.8) is 0 Å². The van der Waals surface area contributed by atoms with Crippen LogP contribution in [0.3, 0.4) is 0 Å². The van der Waals surface area contributed by atoms with Gasteiger partial charge in [-0.1, -0.05) is 0 Å². The third-order valence-electron chi connectivity index (χ3n) is 2.09. The van der Waals surface area contributed by atoms with Crippen LogP contribution in [0.4, 0.5) is 13.2 Å². The molecule has 2 N–H and O–H groups in total. The van der Waals surface area contributed by atoms with Crippen molar-refractivity contribution in [3.8, 4) is 0 Å². The predicted octanol–water partition coefficient (Wildman–Crippen LogP) is 1.48. The molecular weight excluding hydrogens is 225 g/mol. The molecule has 0 aliphatic rings. The summed E-state index contributed by atoms with van der Waals surface area (Å²) in [5.74, 6) is -5.16. The van der Waals surface area contributed by atoms with E-state index in [1.54, 1.807) is 0 Å². The van der Waals surface area contributed by atoms with Crippen molar-refractivity contribution in [1.29, 1.82) is 0 Å². The lowest BCUT2D eigenvalue weighted by molar-refractivity contribution is -0.156. The zero-order valence-electron chi connectivity index (χ0n) is 8.30. The van der Waals surface area contributed by atoms with Gasteiger partial charge in [0.15, 0.2) is 5.60 Å². The predicted molar refractivity (Wildman–Crippen MR) is 48.3 cm³/mol. The Labute approximate surface area is 89.1 Å². The van der Waals surface area contributed by atoms with Gasteiger partial charge < -0.3 is 10.2 Å². The zero-order chi connectivity index (χ0) is 12.5. The average Bonchev–Trinajstić information content (AvgIpc) is 2.11. The molecular formula is C10H9F3O3. The molecule has 0 radical (unpaired) electrons. The fourth-order valence-electron chi connectivity index (χ4n) is 1.16. The van der Waals surface area contributed by atoms with Crippen LogP contribution < -0.4 is 0 Å². The Kier molecular flexibility index (Phi) is 3.23. The summed E-state index contributed by atoms with van der Waals surface area (Å²) in [5, 5.41) is 17.9. The van der Waals surface area contributed by atoms with Crippen LogP contribution in [0.1, 0.15) is 12.5 Å². The normalized spacial score (nSPS) is 14.6. The van der Waals surface area contributed by atoms with Gasteiger partial charge in [0.1, 0.15) is 17.5 Å². The first-order valence-electron chi connectivity index (χ1n) is 4.33. The molecule has 1 aromatic rings. The number of halogens is 3. The monoisotopic (exact) mass is 234 g/mol. The number of aliphatic carboxylic acids is 1. The molecule has 16 heavy (non-hydrogen) atoms. The van der Waals surface area contributed by atoms with Crippen molar-refractivity contribution < 1.29 is 28.2 Å². The summed E-state index contributed by atoms with van der Waals surface area (Å²) in [6.07, 6.45) is -0.778. The number of carbonyl (C=O) groups is 1. The van der Waals surface area contributed by atoms with Crippen LogP contribution in [-0.2, 0) is 11.2 Å². The fourth-order valence-corrected chi connectivity index (χ4v) is 1.16. The van der Waals surface area contributed by atoms with Gasteiger partial charge in [0.25, 0.3) is 0 Å². The lowest BCUT2D eigenvalue weighted by atomic mass is 9.96. The second kappa shape index (κ2) is 4.13. The maximum Gasteiger partial charge on any atom is 0.335 e. The van der Waals surface area contributed by atoms with E-state index in [0.29, 0.717) is 12.1 Å². The lowest BCUT2D eigenvalue weighted by Gasteiger charge is -2.18. The van der Waals surface area contributed by atoms with Gasteiger partial charge in [0, 0.05) is 24.1 Å². The number of carboxylic acid groups (broad SMARTS) is 1. The first-order valence-corrected chi connectivity index (χ1v) is 4.33. The van der Waals surface area contributed by atoms with E-state index in [2.05, 4.69) is 0 Å². The molecule has 1 unspecified atom stereocenters. The molecule has 6 heteroatoms. The number of hydrogen-bond donors (Lipinski definition) is 2. The Hall–Kier alpha value is -1.56. The second-order valence-corrected chi connectivity index (χ2v) is 3.60. The molecule has 0 saturated carbocycles. The van der Waals surface area contributed by atoms with E-state index in [4.69, 9.17) is 5.11 Å². The van der Waals surface area contributed by atoms with Gasteiger partial charge in [-0.15, -0.1) is 0 Å². The summed E-state index contributed by atoms with van der Waals surface area (Å²) in [4.78, 5) is 10.5. The average molecular weight is 234 g/mol. The minimum absolute atomic E-state index is 0.427. The minimum atomic E-state index is -2.31. The summed E-state index contributed by atoms with van der Waals surface area (Å²) < 4.78 is 38.8. The van der Waals surface area contributed by atoms with Crippen molar-refractivity contribution in [2.24, 2.45) is 0 Å². The van der Waals surface area contributed by atoms with E-state index < -0.39 is 41.0 Å². The largest absolute Gasteiger partial charge is 0.479 e. The Morgan fingerprint density at radius 3 is 2.12 bits per heavy atom. The summed E-state index contributed by atoms with van der Waals surface area (Å²) in [5.41, 5.74) is -2.96. The van der Waals surface area contributed by atoms with Crippen LogP contribution in [-0.4, -0.2) is 21.8 Å². The van der Waals surface area contributed by atoms with Gasteiger partial charge in [0.05, 0.1) is 0 Å². The Balaban J connectivity index is 3.11. The highest BCUT2D eigenvalue weighted by Crippen LogP contribution is 2.20. The number of benzene rings is 1. The molecule has 0 aliphatic carbocycles. The lowest BCUT2D eigenvalue weighted by Crippen LogP contribution is -2.37. The van der Waals surface area contributed by atoms with Crippen molar-refractivity contribution in [2.45, 2.75) is 18.9 Å². The summed E-state index contributed by atoms with van der Waals surface area (Å²) in [7, 11) is 0. The van der Waals surface area contributed by atoms with E-state index in [-0.39, 0.29) is 0 Å². The molecule has 0 fully saturated rings. The molecule has 1 rings (SSSR count). The second-order valence-electron chi connectivity index (χ2n) is 3.60. The van der Waals surface area contributed by atoms with Crippen LogP contribution >= 0.6 is 0 Å². The Morgan fingerprint density at radius 2 is 1.75 bits per heavy atom. The van der Waals surface area contributed by atoms with Crippen molar-refractivity contribution in [1.82, 2.24) is 0 Å². The van der Waals surface area contributed by atoms with E-state index in [1.165, 1.54) is 0 Å². The van der Waals surface area contributed by atoms with Crippen molar-refractivity contribution in [2.75, 3.05) is 0 Å². The molecule has 0 heterocycles.